The molecule has 0 aliphatic rings. The van der Waals surface area contributed by atoms with Crippen LogP contribution in [0, 0.1) is 15.9 Å². The van der Waals surface area contributed by atoms with Crippen molar-refractivity contribution in [2.45, 2.75) is 6.54 Å². The van der Waals surface area contributed by atoms with E-state index in [4.69, 9.17) is 5.11 Å². The smallest absolute Gasteiger partial charge is 0.295 e. The number of phenols is 1. The summed E-state index contributed by atoms with van der Waals surface area (Å²) in [5.74, 6) is -0.545. The quantitative estimate of drug-likeness (QED) is 0.655. The van der Waals surface area contributed by atoms with Crippen molar-refractivity contribution in [3.05, 3.63) is 62.4 Å². The van der Waals surface area contributed by atoms with Gasteiger partial charge < -0.3 is 10.4 Å². The van der Waals surface area contributed by atoms with Gasteiger partial charge in [-0.3, -0.25) is 10.1 Å². The van der Waals surface area contributed by atoms with Gasteiger partial charge in [-0.1, -0.05) is 12.1 Å². The zero-order valence-electron chi connectivity index (χ0n) is 10.1. The van der Waals surface area contributed by atoms with Crippen molar-refractivity contribution in [1.29, 1.82) is 0 Å². The first kappa shape index (κ1) is 14.3. The predicted octanol–water partition coefficient (Wildman–Crippen LogP) is 3.81. The minimum absolute atomic E-state index is 0.143. The van der Waals surface area contributed by atoms with Gasteiger partial charge >= 0.3 is 0 Å². The van der Waals surface area contributed by atoms with E-state index in [1.807, 2.05) is 0 Å². The van der Waals surface area contributed by atoms with Gasteiger partial charge in [0.15, 0.2) is 0 Å². The Bertz CT molecular complexity index is 647. The Morgan fingerprint density at radius 3 is 2.55 bits per heavy atom. The Labute approximate surface area is 122 Å². The Kier molecular flexibility index (Phi) is 4.19. The van der Waals surface area contributed by atoms with Crippen molar-refractivity contribution in [1.82, 2.24) is 0 Å². The van der Waals surface area contributed by atoms with E-state index in [9.17, 15) is 14.5 Å². The average Bonchev–Trinajstić information content (AvgIpc) is 2.41. The summed E-state index contributed by atoms with van der Waals surface area (Å²) in [6, 6.07) is 8.61. The topological polar surface area (TPSA) is 75.4 Å². The van der Waals surface area contributed by atoms with Gasteiger partial charge in [0.25, 0.3) is 5.69 Å². The number of anilines is 1. The fourth-order valence-electron chi connectivity index (χ4n) is 1.64. The van der Waals surface area contributed by atoms with E-state index in [2.05, 4.69) is 21.2 Å². The van der Waals surface area contributed by atoms with Crippen molar-refractivity contribution in [3.8, 4) is 5.75 Å². The van der Waals surface area contributed by atoms with Gasteiger partial charge in [0, 0.05) is 6.54 Å². The molecule has 0 fully saturated rings. The van der Waals surface area contributed by atoms with E-state index < -0.39 is 10.7 Å². The molecule has 5 nitrogen and oxygen atoms in total. The number of aromatic hydroxyl groups is 1. The summed E-state index contributed by atoms with van der Waals surface area (Å²) in [6.07, 6.45) is 0. The highest BCUT2D eigenvalue weighted by atomic mass is 79.9. The Morgan fingerprint density at radius 1 is 1.30 bits per heavy atom. The number of nitro groups is 1. The van der Waals surface area contributed by atoms with Crippen molar-refractivity contribution in [2.75, 3.05) is 5.32 Å². The highest BCUT2D eigenvalue weighted by molar-refractivity contribution is 9.10. The standard InChI is InChI=1S/C13H10BrFN2O3/c14-10-5-12(13(17(19)20)6-11(10)15)16-7-8-1-3-9(18)4-2-8/h1-6,16,18H,7H2. The Balaban J connectivity index is 2.22. The molecule has 0 heterocycles. The van der Waals surface area contributed by atoms with E-state index >= 15 is 0 Å². The minimum atomic E-state index is -0.688. The third-order valence-corrected chi connectivity index (χ3v) is 3.26. The van der Waals surface area contributed by atoms with E-state index in [1.165, 1.54) is 18.2 Å². The Hall–Kier alpha value is -2.15. The van der Waals surface area contributed by atoms with Gasteiger partial charge in [0.1, 0.15) is 17.3 Å². The second kappa shape index (κ2) is 5.87. The van der Waals surface area contributed by atoms with E-state index in [-0.39, 0.29) is 21.6 Å². The van der Waals surface area contributed by atoms with Crippen LogP contribution in [-0.2, 0) is 6.54 Å². The molecule has 0 unspecified atom stereocenters. The van der Waals surface area contributed by atoms with Crippen LogP contribution in [0.5, 0.6) is 5.75 Å². The van der Waals surface area contributed by atoms with Crippen LogP contribution in [0.1, 0.15) is 5.56 Å². The molecule has 0 saturated heterocycles. The lowest BCUT2D eigenvalue weighted by atomic mass is 10.2. The molecule has 104 valence electrons. The van der Waals surface area contributed by atoms with Crippen molar-refractivity contribution in [3.63, 3.8) is 0 Å². The number of rotatable bonds is 4. The van der Waals surface area contributed by atoms with Gasteiger partial charge in [-0.25, -0.2) is 4.39 Å². The first-order chi connectivity index (χ1) is 9.47. The van der Waals surface area contributed by atoms with Crippen LogP contribution < -0.4 is 5.32 Å². The molecule has 20 heavy (non-hydrogen) atoms. The molecule has 0 aliphatic carbocycles. The highest BCUT2D eigenvalue weighted by Crippen LogP contribution is 2.30. The first-order valence-electron chi connectivity index (χ1n) is 5.62. The lowest BCUT2D eigenvalue weighted by Gasteiger charge is -2.08. The molecule has 0 aromatic heterocycles. The zero-order valence-corrected chi connectivity index (χ0v) is 11.7. The highest BCUT2D eigenvalue weighted by Gasteiger charge is 2.17. The number of hydrogen-bond acceptors (Lipinski definition) is 4. The van der Waals surface area contributed by atoms with Gasteiger partial charge in [-0.15, -0.1) is 0 Å². The molecule has 7 heteroatoms. The molecule has 2 aromatic rings. The molecule has 0 saturated carbocycles. The molecule has 0 spiro atoms. The summed E-state index contributed by atoms with van der Waals surface area (Å²) in [7, 11) is 0. The summed E-state index contributed by atoms with van der Waals surface area (Å²) in [5.41, 5.74) is 0.721. The van der Waals surface area contributed by atoms with Crippen LogP contribution >= 0.6 is 15.9 Å². The molecule has 2 N–H and O–H groups in total. The lowest BCUT2D eigenvalue weighted by molar-refractivity contribution is -0.384. The van der Waals surface area contributed by atoms with Crippen LogP contribution in [0.4, 0.5) is 15.8 Å². The molecule has 0 amide bonds. The molecular formula is C13H10BrFN2O3. The number of hydrogen-bond donors (Lipinski definition) is 2. The van der Waals surface area contributed by atoms with Gasteiger partial charge in [0.05, 0.1) is 15.5 Å². The minimum Gasteiger partial charge on any atom is -0.508 e. The van der Waals surface area contributed by atoms with Crippen LogP contribution in [0.15, 0.2) is 40.9 Å². The lowest BCUT2D eigenvalue weighted by Crippen LogP contribution is -2.03. The monoisotopic (exact) mass is 340 g/mol. The van der Waals surface area contributed by atoms with Crippen molar-refractivity contribution < 1.29 is 14.4 Å². The number of phenolic OH excluding ortho intramolecular Hbond substituents is 1. The van der Waals surface area contributed by atoms with Crippen molar-refractivity contribution >= 4 is 27.3 Å². The number of benzene rings is 2. The van der Waals surface area contributed by atoms with Gasteiger partial charge in [-0.2, -0.15) is 0 Å². The molecular weight excluding hydrogens is 331 g/mol. The second-order valence-corrected chi connectivity index (χ2v) is 4.91. The number of halogens is 2. The maximum absolute atomic E-state index is 13.3. The van der Waals surface area contributed by atoms with Crippen LogP contribution in [-0.4, -0.2) is 10.0 Å². The second-order valence-electron chi connectivity index (χ2n) is 4.06. The van der Waals surface area contributed by atoms with Crippen LogP contribution in [0.25, 0.3) is 0 Å². The largest absolute Gasteiger partial charge is 0.508 e. The van der Waals surface area contributed by atoms with E-state index in [0.29, 0.717) is 6.54 Å². The van der Waals surface area contributed by atoms with Crippen LogP contribution in [0.3, 0.4) is 0 Å². The fraction of sp³-hybridized carbons (Fsp3) is 0.0769. The Morgan fingerprint density at radius 2 is 1.95 bits per heavy atom. The molecule has 2 rings (SSSR count). The maximum atomic E-state index is 13.3. The summed E-state index contributed by atoms with van der Waals surface area (Å²) in [5, 5.41) is 22.9. The number of nitrogens with one attached hydrogen (secondary N) is 1. The number of nitro benzene ring substituents is 1. The number of nitrogens with zero attached hydrogens (tertiary/aromatic N) is 1. The third kappa shape index (κ3) is 3.24. The van der Waals surface area contributed by atoms with Crippen LogP contribution in [0.2, 0.25) is 0 Å². The molecule has 2 aromatic carbocycles. The van der Waals surface area contributed by atoms with Gasteiger partial charge in [0.2, 0.25) is 0 Å². The normalized spacial score (nSPS) is 10.3. The van der Waals surface area contributed by atoms with Crippen molar-refractivity contribution in [2.24, 2.45) is 0 Å². The fourth-order valence-corrected chi connectivity index (χ4v) is 1.98. The third-order valence-electron chi connectivity index (χ3n) is 2.65. The zero-order chi connectivity index (χ0) is 14.7. The van der Waals surface area contributed by atoms with E-state index in [1.54, 1.807) is 12.1 Å². The first-order valence-corrected chi connectivity index (χ1v) is 6.42. The maximum Gasteiger partial charge on any atom is 0.295 e. The molecule has 0 atom stereocenters. The average molecular weight is 341 g/mol. The summed E-state index contributed by atoms with van der Waals surface area (Å²) >= 11 is 2.99. The molecule has 0 bridgehead atoms. The van der Waals surface area contributed by atoms with E-state index in [0.717, 1.165) is 11.6 Å². The predicted molar refractivity (Wildman–Crippen MR) is 76.2 cm³/mol. The summed E-state index contributed by atoms with van der Waals surface area (Å²) in [4.78, 5) is 10.2. The SMILES string of the molecule is O=[N+]([O-])c1cc(F)c(Br)cc1NCc1ccc(O)cc1. The molecule has 0 radical (unpaired) electrons. The van der Waals surface area contributed by atoms with Gasteiger partial charge in [-0.05, 0) is 39.7 Å². The summed E-state index contributed by atoms with van der Waals surface area (Å²) in [6.45, 7) is 0.319. The molecule has 0 aliphatic heterocycles. The summed E-state index contributed by atoms with van der Waals surface area (Å²) < 4.78 is 13.5.